The summed E-state index contributed by atoms with van der Waals surface area (Å²) < 4.78 is 8.83. The van der Waals surface area contributed by atoms with Crippen LogP contribution in [-0.2, 0) is 13.1 Å². The van der Waals surface area contributed by atoms with Gasteiger partial charge in [-0.15, -0.1) is 0 Å². The molecular weight excluding hydrogens is 428 g/mol. The molecule has 0 radical (unpaired) electrons. The van der Waals surface area contributed by atoms with Crippen LogP contribution in [0.5, 0.6) is 0 Å². The van der Waals surface area contributed by atoms with Crippen molar-refractivity contribution in [1.82, 2.24) is 9.88 Å². The number of nitrogens with zero attached hydrogens (tertiary/aromatic N) is 1. The smallest absolute Gasteiger partial charge is 0.145 e. The molecule has 0 unspecified atom stereocenters. The van der Waals surface area contributed by atoms with Gasteiger partial charge in [0.2, 0.25) is 0 Å². The van der Waals surface area contributed by atoms with Gasteiger partial charge in [-0.2, -0.15) is 0 Å². The number of hydrogen-bond acceptors (Lipinski definition) is 2. The van der Waals surface area contributed by atoms with Crippen LogP contribution in [0.15, 0.2) is 120 Å². The van der Waals surface area contributed by atoms with Crippen LogP contribution < -0.4 is 5.32 Å². The second-order valence-corrected chi connectivity index (χ2v) is 9.01. The summed E-state index contributed by atoms with van der Waals surface area (Å²) in [5, 5.41) is 8.33. The van der Waals surface area contributed by atoms with Crippen LogP contribution in [0.2, 0.25) is 0 Å². The number of para-hydroxylation sites is 3. The lowest BCUT2D eigenvalue weighted by molar-refractivity contribution is 0.673. The van der Waals surface area contributed by atoms with Crippen molar-refractivity contribution < 1.29 is 4.42 Å². The Bertz CT molecular complexity index is 1830. The Hall–Kier alpha value is -4.34. The summed E-state index contributed by atoms with van der Waals surface area (Å²) in [5.41, 5.74) is 7.97. The van der Waals surface area contributed by atoms with Crippen molar-refractivity contribution in [3.63, 3.8) is 0 Å². The Kier molecular flexibility index (Phi) is 4.68. The SMILES string of the molecule is c1ccc(CNCc2ccccc2-n2c3ccccc3c3c4oc5ccccc5c4ccc32)cc1. The van der Waals surface area contributed by atoms with Crippen LogP contribution in [-0.4, -0.2) is 4.57 Å². The van der Waals surface area contributed by atoms with Gasteiger partial charge in [-0.05, 0) is 41.5 Å². The van der Waals surface area contributed by atoms with Crippen LogP contribution in [0.25, 0.3) is 49.4 Å². The van der Waals surface area contributed by atoms with Gasteiger partial charge < -0.3 is 14.3 Å². The second-order valence-electron chi connectivity index (χ2n) is 9.01. The van der Waals surface area contributed by atoms with E-state index in [0.717, 1.165) is 40.5 Å². The lowest BCUT2D eigenvalue weighted by Gasteiger charge is -2.14. The highest BCUT2D eigenvalue weighted by Crippen LogP contribution is 2.40. The monoisotopic (exact) mass is 452 g/mol. The molecule has 0 saturated carbocycles. The molecule has 0 aliphatic heterocycles. The number of fused-ring (bicyclic) bond motifs is 7. The molecular formula is C32H24N2O. The highest BCUT2D eigenvalue weighted by Gasteiger charge is 2.19. The van der Waals surface area contributed by atoms with Crippen LogP contribution >= 0.6 is 0 Å². The molecule has 168 valence electrons. The third-order valence-corrected chi connectivity index (χ3v) is 6.90. The Morgan fingerprint density at radius 3 is 2.23 bits per heavy atom. The molecule has 0 amide bonds. The number of furan rings is 1. The second kappa shape index (κ2) is 8.15. The van der Waals surface area contributed by atoms with Gasteiger partial charge in [0.05, 0.1) is 22.1 Å². The molecule has 2 heterocycles. The van der Waals surface area contributed by atoms with Crippen LogP contribution in [0.1, 0.15) is 11.1 Å². The summed E-state index contributed by atoms with van der Waals surface area (Å²) in [5.74, 6) is 0. The first kappa shape index (κ1) is 20.1. The van der Waals surface area contributed by atoms with E-state index >= 15 is 0 Å². The van der Waals surface area contributed by atoms with Gasteiger partial charge >= 0.3 is 0 Å². The zero-order valence-corrected chi connectivity index (χ0v) is 19.2. The van der Waals surface area contributed by atoms with E-state index < -0.39 is 0 Å². The van der Waals surface area contributed by atoms with Gasteiger partial charge in [0, 0.05) is 29.2 Å². The van der Waals surface area contributed by atoms with Gasteiger partial charge in [0.15, 0.2) is 0 Å². The van der Waals surface area contributed by atoms with Crippen molar-refractivity contribution in [2.45, 2.75) is 13.1 Å². The molecule has 35 heavy (non-hydrogen) atoms. The zero-order chi connectivity index (χ0) is 23.2. The molecule has 0 fully saturated rings. The molecule has 0 saturated heterocycles. The number of rotatable bonds is 5. The zero-order valence-electron chi connectivity index (χ0n) is 19.2. The summed E-state index contributed by atoms with van der Waals surface area (Å²) in [6.45, 7) is 1.62. The molecule has 5 aromatic carbocycles. The fourth-order valence-corrected chi connectivity index (χ4v) is 5.31. The van der Waals surface area contributed by atoms with Crippen LogP contribution in [0.4, 0.5) is 0 Å². The van der Waals surface area contributed by atoms with E-state index in [4.69, 9.17) is 4.42 Å². The Labute approximate surface area is 203 Å². The van der Waals surface area contributed by atoms with Crippen LogP contribution in [0.3, 0.4) is 0 Å². The van der Waals surface area contributed by atoms with E-state index in [2.05, 4.69) is 113 Å². The van der Waals surface area contributed by atoms with E-state index in [1.165, 1.54) is 33.1 Å². The Morgan fingerprint density at radius 2 is 1.31 bits per heavy atom. The first-order valence-corrected chi connectivity index (χ1v) is 12.0. The quantitative estimate of drug-likeness (QED) is 0.287. The van der Waals surface area contributed by atoms with Crippen molar-refractivity contribution in [3.8, 4) is 5.69 Å². The van der Waals surface area contributed by atoms with Crippen molar-refractivity contribution >= 4 is 43.7 Å². The largest absolute Gasteiger partial charge is 0.455 e. The third kappa shape index (κ3) is 3.24. The molecule has 0 aliphatic carbocycles. The maximum Gasteiger partial charge on any atom is 0.145 e. The van der Waals surface area contributed by atoms with E-state index in [9.17, 15) is 0 Å². The molecule has 7 aromatic rings. The number of aromatic nitrogens is 1. The third-order valence-electron chi connectivity index (χ3n) is 6.90. The Morgan fingerprint density at radius 1 is 0.571 bits per heavy atom. The first-order valence-electron chi connectivity index (χ1n) is 12.0. The highest BCUT2D eigenvalue weighted by molar-refractivity contribution is 6.23. The summed E-state index contributed by atoms with van der Waals surface area (Å²) in [6.07, 6.45) is 0. The van der Waals surface area contributed by atoms with Crippen molar-refractivity contribution in [1.29, 1.82) is 0 Å². The predicted molar refractivity (Wildman–Crippen MR) is 145 cm³/mol. The molecule has 1 N–H and O–H groups in total. The van der Waals surface area contributed by atoms with E-state index in [0.29, 0.717) is 0 Å². The topological polar surface area (TPSA) is 30.1 Å². The number of nitrogens with one attached hydrogen (secondary N) is 1. The standard InChI is InChI=1S/C32H24N2O/c1-2-10-22(11-3-1)20-33-21-23-12-4-7-15-27(23)34-28-16-8-5-14-26(28)31-29(34)19-18-25-24-13-6-9-17-30(24)35-32(25)31/h1-19,33H,20-21H2. The molecule has 7 rings (SSSR count). The summed E-state index contributed by atoms with van der Waals surface area (Å²) in [4.78, 5) is 0. The lowest BCUT2D eigenvalue weighted by Crippen LogP contribution is -2.14. The minimum absolute atomic E-state index is 0.784. The molecule has 3 heteroatoms. The van der Waals surface area contributed by atoms with E-state index in [1.807, 2.05) is 12.1 Å². The van der Waals surface area contributed by atoms with Gasteiger partial charge in [0.1, 0.15) is 11.2 Å². The average Bonchev–Trinajstić information content (AvgIpc) is 3.45. The molecule has 0 bridgehead atoms. The number of hydrogen-bond donors (Lipinski definition) is 1. The molecule has 0 atom stereocenters. The highest BCUT2D eigenvalue weighted by atomic mass is 16.3. The van der Waals surface area contributed by atoms with E-state index in [1.54, 1.807) is 0 Å². The number of benzene rings is 5. The fourth-order valence-electron chi connectivity index (χ4n) is 5.31. The van der Waals surface area contributed by atoms with Gasteiger partial charge in [-0.25, -0.2) is 0 Å². The fraction of sp³-hybridized carbons (Fsp3) is 0.0625. The average molecular weight is 453 g/mol. The lowest BCUT2D eigenvalue weighted by atomic mass is 10.1. The first-order chi connectivity index (χ1) is 17.4. The maximum absolute atomic E-state index is 6.44. The maximum atomic E-state index is 6.44. The molecule has 0 spiro atoms. The van der Waals surface area contributed by atoms with Crippen molar-refractivity contribution in [2.75, 3.05) is 0 Å². The normalized spacial score (nSPS) is 11.8. The van der Waals surface area contributed by atoms with Gasteiger partial charge in [-0.3, -0.25) is 0 Å². The Balaban J connectivity index is 1.42. The minimum Gasteiger partial charge on any atom is -0.455 e. The van der Waals surface area contributed by atoms with Crippen molar-refractivity contribution in [2.24, 2.45) is 0 Å². The minimum atomic E-state index is 0.784. The van der Waals surface area contributed by atoms with E-state index in [-0.39, 0.29) is 0 Å². The summed E-state index contributed by atoms with van der Waals surface area (Å²) >= 11 is 0. The molecule has 3 nitrogen and oxygen atoms in total. The van der Waals surface area contributed by atoms with Crippen molar-refractivity contribution in [3.05, 3.63) is 126 Å². The molecule has 2 aromatic heterocycles. The summed E-state index contributed by atoms with van der Waals surface area (Å²) in [6, 6.07) is 40.6. The van der Waals surface area contributed by atoms with Gasteiger partial charge in [0.25, 0.3) is 0 Å². The van der Waals surface area contributed by atoms with Gasteiger partial charge in [-0.1, -0.05) is 84.9 Å². The summed E-state index contributed by atoms with van der Waals surface area (Å²) in [7, 11) is 0. The van der Waals surface area contributed by atoms with Crippen LogP contribution in [0, 0.1) is 0 Å². The predicted octanol–water partition coefficient (Wildman–Crippen LogP) is 7.97. The molecule has 0 aliphatic rings.